The standard InChI is InChI=1S/C13H16N2O4S2/c1-2-3-5-14-13(16)12-11(4-10-20-12)21(17,18)15-6-8-19-9-7-15/h4,10H,5-9H2,1H3,(H,14,16). The lowest BCUT2D eigenvalue weighted by Crippen LogP contribution is -2.41. The fourth-order valence-corrected chi connectivity index (χ4v) is 4.61. The van der Waals surface area contributed by atoms with Crippen LogP contribution in [0.15, 0.2) is 16.3 Å². The number of hydrogen-bond donors (Lipinski definition) is 1. The van der Waals surface area contributed by atoms with Crippen LogP contribution in [0.3, 0.4) is 0 Å². The first-order valence-corrected chi connectivity index (χ1v) is 8.72. The normalized spacial score (nSPS) is 16.0. The van der Waals surface area contributed by atoms with Gasteiger partial charge in [-0.15, -0.1) is 17.3 Å². The van der Waals surface area contributed by atoms with E-state index in [0.29, 0.717) is 26.3 Å². The summed E-state index contributed by atoms with van der Waals surface area (Å²) in [5, 5.41) is 4.20. The Kier molecular flexibility index (Phi) is 5.36. The quantitative estimate of drug-likeness (QED) is 0.818. The van der Waals surface area contributed by atoms with E-state index in [1.165, 1.54) is 10.4 Å². The Hall–Kier alpha value is -1.40. The molecular weight excluding hydrogens is 312 g/mol. The molecule has 114 valence electrons. The number of nitrogens with zero attached hydrogens (tertiary/aromatic N) is 1. The lowest BCUT2D eigenvalue weighted by molar-refractivity contribution is 0.0730. The molecule has 1 aliphatic rings. The van der Waals surface area contributed by atoms with Crippen molar-refractivity contribution in [2.75, 3.05) is 32.8 Å². The number of amides is 1. The molecule has 2 rings (SSSR count). The highest BCUT2D eigenvalue weighted by atomic mass is 32.2. The van der Waals surface area contributed by atoms with Crippen LogP contribution in [0.2, 0.25) is 0 Å². The van der Waals surface area contributed by atoms with Crippen molar-refractivity contribution in [2.45, 2.75) is 11.8 Å². The lowest BCUT2D eigenvalue weighted by atomic mass is 10.4. The first-order chi connectivity index (χ1) is 10.1. The van der Waals surface area contributed by atoms with E-state index in [0.717, 1.165) is 11.3 Å². The van der Waals surface area contributed by atoms with Gasteiger partial charge in [0.25, 0.3) is 5.91 Å². The number of thiophene rings is 1. The molecule has 0 aliphatic carbocycles. The first kappa shape index (κ1) is 16.0. The molecule has 0 saturated carbocycles. The summed E-state index contributed by atoms with van der Waals surface area (Å²) in [4.78, 5) is 12.3. The van der Waals surface area contributed by atoms with Gasteiger partial charge in [-0.05, 0) is 18.4 Å². The Balaban J connectivity index is 2.21. The third-order valence-corrected chi connectivity index (χ3v) is 5.92. The summed E-state index contributed by atoms with van der Waals surface area (Å²) in [6, 6.07) is 1.47. The Morgan fingerprint density at radius 1 is 1.48 bits per heavy atom. The molecule has 0 aromatic carbocycles. The predicted octanol–water partition coefficient (Wildman–Crippen LogP) is 0.522. The molecule has 0 atom stereocenters. The minimum atomic E-state index is -3.66. The zero-order chi connectivity index (χ0) is 15.3. The molecule has 0 radical (unpaired) electrons. The Morgan fingerprint density at radius 3 is 2.86 bits per heavy atom. The molecule has 1 aromatic rings. The van der Waals surface area contributed by atoms with Crippen molar-refractivity contribution in [3.8, 4) is 11.8 Å². The fourth-order valence-electron chi connectivity index (χ4n) is 1.89. The Labute approximate surface area is 128 Å². The van der Waals surface area contributed by atoms with E-state index in [4.69, 9.17) is 4.74 Å². The average Bonchev–Trinajstić information content (AvgIpc) is 2.98. The number of rotatable bonds is 4. The monoisotopic (exact) mass is 328 g/mol. The van der Waals surface area contributed by atoms with E-state index >= 15 is 0 Å². The molecule has 1 fully saturated rings. The van der Waals surface area contributed by atoms with Gasteiger partial charge in [0, 0.05) is 13.1 Å². The number of morpholine rings is 1. The number of ether oxygens (including phenoxy) is 1. The van der Waals surface area contributed by atoms with Gasteiger partial charge in [0.2, 0.25) is 10.0 Å². The number of carbonyl (C=O) groups is 1. The lowest BCUT2D eigenvalue weighted by Gasteiger charge is -2.25. The topological polar surface area (TPSA) is 75.7 Å². The van der Waals surface area contributed by atoms with Crippen LogP contribution in [0, 0.1) is 11.8 Å². The first-order valence-electron chi connectivity index (χ1n) is 6.40. The highest BCUT2D eigenvalue weighted by Crippen LogP contribution is 2.25. The molecule has 1 N–H and O–H groups in total. The maximum atomic E-state index is 12.6. The van der Waals surface area contributed by atoms with Gasteiger partial charge in [-0.25, -0.2) is 8.42 Å². The second-order valence-corrected chi connectivity index (χ2v) is 7.06. The SMILES string of the molecule is CC#CCNC(=O)c1sccc1S(=O)(=O)N1CCOCC1. The van der Waals surface area contributed by atoms with Crippen LogP contribution < -0.4 is 5.32 Å². The summed E-state index contributed by atoms with van der Waals surface area (Å²) in [7, 11) is -3.66. The summed E-state index contributed by atoms with van der Waals surface area (Å²) in [5.41, 5.74) is 0. The molecule has 21 heavy (non-hydrogen) atoms. The van der Waals surface area contributed by atoms with E-state index in [9.17, 15) is 13.2 Å². The number of sulfonamides is 1. The highest BCUT2D eigenvalue weighted by molar-refractivity contribution is 7.89. The van der Waals surface area contributed by atoms with Crippen LogP contribution in [0.4, 0.5) is 0 Å². The summed E-state index contributed by atoms with van der Waals surface area (Å²) < 4.78 is 31.7. The smallest absolute Gasteiger partial charge is 0.263 e. The third kappa shape index (κ3) is 3.63. The van der Waals surface area contributed by atoms with Crippen molar-refractivity contribution in [1.29, 1.82) is 0 Å². The highest BCUT2D eigenvalue weighted by Gasteiger charge is 2.31. The second-order valence-electron chi connectivity index (χ2n) is 4.24. The average molecular weight is 328 g/mol. The molecule has 0 unspecified atom stereocenters. The second kappa shape index (κ2) is 7.04. The molecule has 1 aliphatic heterocycles. The summed E-state index contributed by atoms with van der Waals surface area (Å²) in [6.07, 6.45) is 0. The molecule has 6 nitrogen and oxygen atoms in total. The van der Waals surface area contributed by atoms with Crippen molar-refractivity contribution in [1.82, 2.24) is 9.62 Å². The van der Waals surface area contributed by atoms with Gasteiger partial charge in [0.1, 0.15) is 9.77 Å². The molecule has 1 aromatic heterocycles. The van der Waals surface area contributed by atoms with E-state index in [-0.39, 0.29) is 16.3 Å². The zero-order valence-corrected chi connectivity index (χ0v) is 13.2. The molecule has 0 bridgehead atoms. The maximum Gasteiger partial charge on any atom is 0.263 e. The maximum absolute atomic E-state index is 12.6. The molecule has 2 heterocycles. The molecular formula is C13H16N2O4S2. The van der Waals surface area contributed by atoms with Gasteiger partial charge < -0.3 is 10.1 Å². The van der Waals surface area contributed by atoms with E-state index < -0.39 is 15.9 Å². The van der Waals surface area contributed by atoms with Gasteiger partial charge in [0.05, 0.1) is 19.8 Å². The molecule has 8 heteroatoms. The Morgan fingerprint density at radius 2 is 2.19 bits per heavy atom. The van der Waals surface area contributed by atoms with E-state index in [1.807, 2.05) is 0 Å². The third-order valence-electron chi connectivity index (χ3n) is 2.94. The van der Waals surface area contributed by atoms with Crippen LogP contribution in [0.25, 0.3) is 0 Å². The minimum absolute atomic E-state index is 0.0522. The van der Waals surface area contributed by atoms with Gasteiger partial charge in [-0.2, -0.15) is 4.31 Å². The van der Waals surface area contributed by atoms with E-state index in [2.05, 4.69) is 17.2 Å². The summed E-state index contributed by atoms with van der Waals surface area (Å²) >= 11 is 1.11. The van der Waals surface area contributed by atoms with Crippen LogP contribution in [-0.4, -0.2) is 51.5 Å². The van der Waals surface area contributed by atoms with Crippen LogP contribution in [0.1, 0.15) is 16.6 Å². The summed E-state index contributed by atoms with van der Waals surface area (Å²) in [5.74, 6) is 4.96. The van der Waals surface area contributed by atoms with Crippen molar-refractivity contribution in [2.24, 2.45) is 0 Å². The van der Waals surface area contributed by atoms with Gasteiger partial charge in [-0.3, -0.25) is 4.79 Å². The number of nitrogens with one attached hydrogen (secondary N) is 1. The van der Waals surface area contributed by atoms with Gasteiger partial charge >= 0.3 is 0 Å². The number of hydrogen-bond acceptors (Lipinski definition) is 5. The molecule has 1 amide bonds. The van der Waals surface area contributed by atoms with Crippen molar-refractivity contribution in [3.05, 3.63) is 16.3 Å². The molecule has 0 spiro atoms. The summed E-state index contributed by atoms with van der Waals surface area (Å²) in [6.45, 7) is 3.23. The van der Waals surface area contributed by atoms with Crippen LogP contribution in [0.5, 0.6) is 0 Å². The largest absolute Gasteiger partial charge is 0.379 e. The van der Waals surface area contributed by atoms with E-state index in [1.54, 1.807) is 12.3 Å². The number of carbonyl (C=O) groups excluding carboxylic acids is 1. The van der Waals surface area contributed by atoms with Crippen LogP contribution >= 0.6 is 11.3 Å². The van der Waals surface area contributed by atoms with Gasteiger partial charge in [-0.1, -0.05) is 5.92 Å². The zero-order valence-electron chi connectivity index (χ0n) is 11.6. The van der Waals surface area contributed by atoms with Crippen LogP contribution in [-0.2, 0) is 14.8 Å². The molecule has 1 saturated heterocycles. The predicted molar refractivity (Wildman–Crippen MR) is 79.7 cm³/mol. The minimum Gasteiger partial charge on any atom is -0.379 e. The Bertz CT molecular complexity index is 664. The van der Waals surface area contributed by atoms with Gasteiger partial charge in [0.15, 0.2) is 0 Å². The fraction of sp³-hybridized carbons (Fsp3) is 0.462. The van der Waals surface area contributed by atoms with Crippen molar-refractivity contribution >= 4 is 27.3 Å². The van der Waals surface area contributed by atoms with Crippen molar-refractivity contribution < 1.29 is 17.9 Å². The van der Waals surface area contributed by atoms with Crippen molar-refractivity contribution in [3.63, 3.8) is 0 Å².